The minimum absolute atomic E-state index is 0.166. The summed E-state index contributed by atoms with van der Waals surface area (Å²) in [5.41, 5.74) is 1.58. The lowest BCUT2D eigenvalue weighted by atomic mass is 9.95. The molecule has 6 heteroatoms. The Morgan fingerprint density at radius 2 is 2.14 bits per heavy atom. The van der Waals surface area contributed by atoms with Gasteiger partial charge in [0.25, 0.3) is 0 Å². The molecule has 0 saturated heterocycles. The zero-order valence-electron chi connectivity index (χ0n) is 12.2. The number of carbonyl (C=O) groups is 2. The van der Waals surface area contributed by atoms with Crippen molar-refractivity contribution in [3.8, 4) is 0 Å². The first kappa shape index (κ1) is 15.7. The van der Waals surface area contributed by atoms with Gasteiger partial charge in [-0.25, -0.2) is 4.79 Å². The number of esters is 1. The molecule has 0 atom stereocenters. The van der Waals surface area contributed by atoms with Crippen LogP contribution in [0.15, 0.2) is 12.7 Å². The predicted molar refractivity (Wildman–Crippen MR) is 84.0 cm³/mol. The number of rotatable bonds is 6. The number of carbonyl (C=O) groups excluding carboxylic acids is 2. The van der Waals surface area contributed by atoms with E-state index >= 15 is 0 Å². The third-order valence-corrected chi connectivity index (χ3v) is 4.60. The van der Waals surface area contributed by atoms with E-state index in [1.807, 2.05) is 0 Å². The second-order valence-corrected chi connectivity index (χ2v) is 5.98. The van der Waals surface area contributed by atoms with Gasteiger partial charge in [0.1, 0.15) is 5.00 Å². The third kappa shape index (κ3) is 3.71. The molecule has 0 unspecified atom stereocenters. The maximum Gasteiger partial charge on any atom is 0.341 e. The van der Waals surface area contributed by atoms with E-state index in [-0.39, 0.29) is 18.4 Å². The van der Waals surface area contributed by atoms with Crippen molar-refractivity contribution in [1.82, 2.24) is 5.32 Å². The molecule has 0 radical (unpaired) electrons. The Labute approximate surface area is 128 Å². The summed E-state index contributed by atoms with van der Waals surface area (Å²) in [6.45, 7) is 4.34. The van der Waals surface area contributed by atoms with Crippen LogP contribution in [0.4, 0.5) is 5.00 Å². The van der Waals surface area contributed by atoms with E-state index in [1.54, 1.807) is 6.08 Å². The molecule has 0 spiro atoms. The van der Waals surface area contributed by atoms with Crippen LogP contribution in [0.25, 0.3) is 0 Å². The summed E-state index contributed by atoms with van der Waals surface area (Å²) < 4.78 is 4.87. The van der Waals surface area contributed by atoms with Gasteiger partial charge in [0.05, 0.1) is 19.2 Å². The largest absolute Gasteiger partial charge is 0.465 e. The Kier molecular flexibility index (Phi) is 5.52. The fraction of sp³-hybridized carbons (Fsp3) is 0.467. The molecule has 0 fully saturated rings. The van der Waals surface area contributed by atoms with Crippen molar-refractivity contribution in [2.24, 2.45) is 0 Å². The number of ether oxygens (including phenoxy) is 1. The molecule has 1 aromatic rings. The molecule has 114 valence electrons. The maximum atomic E-state index is 12.0. The topological polar surface area (TPSA) is 67.4 Å². The van der Waals surface area contributed by atoms with E-state index in [0.717, 1.165) is 31.2 Å². The number of fused-ring (bicyclic) bond motifs is 1. The number of methoxy groups -OCH3 is 1. The van der Waals surface area contributed by atoms with Gasteiger partial charge in [-0.3, -0.25) is 4.79 Å². The standard InChI is InChI=1S/C15H20N2O3S/c1-3-8-16-9-12(18)17-14-13(15(19)20-2)10-6-4-5-7-11(10)21-14/h3,16H,1,4-9H2,2H3,(H,17,18). The molecule has 21 heavy (non-hydrogen) atoms. The van der Waals surface area contributed by atoms with Crippen molar-refractivity contribution >= 4 is 28.2 Å². The molecular weight excluding hydrogens is 288 g/mol. The molecule has 0 saturated carbocycles. The van der Waals surface area contributed by atoms with Crippen LogP contribution in [0, 0.1) is 0 Å². The van der Waals surface area contributed by atoms with Crippen molar-refractivity contribution in [3.63, 3.8) is 0 Å². The lowest BCUT2D eigenvalue weighted by Gasteiger charge is -2.11. The molecule has 0 bridgehead atoms. The molecule has 0 aromatic carbocycles. The minimum atomic E-state index is -0.372. The summed E-state index contributed by atoms with van der Waals surface area (Å²) in [5, 5.41) is 6.37. The normalized spacial score (nSPS) is 13.4. The van der Waals surface area contributed by atoms with Gasteiger partial charge < -0.3 is 15.4 Å². The van der Waals surface area contributed by atoms with Gasteiger partial charge in [-0.1, -0.05) is 6.08 Å². The van der Waals surface area contributed by atoms with Crippen LogP contribution in [0.2, 0.25) is 0 Å². The van der Waals surface area contributed by atoms with Crippen LogP contribution in [-0.4, -0.2) is 32.1 Å². The summed E-state index contributed by atoms with van der Waals surface area (Å²) in [4.78, 5) is 25.1. The fourth-order valence-electron chi connectivity index (χ4n) is 2.43. The van der Waals surface area contributed by atoms with Crippen molar-refractivity contribution in [3.05, 3.63) is 28.7 Å². The Morgan fingerprint density at radius 3 is 2.86 bits per heavy atom. The molecular formula is C15H20N2O3S. The molecule has 0 aliphatic heterocycles. The summed E-state index contributed by atoms with van der Waals surface area (Å²) in [7, 11) is 1.37. The quantitative estimate of drug-likeness (QED) is 0.480. The number of anilines is 1. The van der Waals surface area contributed by atoms with Gasteiger partial charge in [-0.2, -0.15) is 0 Å². The number of aryl methyl sites for hydroxylation is 1. The number of hydrogen-bond donors (Lipinski definition) is 2. The predicted octanol–water partition coefficient (Wildman–Crippen LogP) is 2.13. The number of thiophene rings is 1. The average molecular weight is 308 g/mol. The highest BCUT2D eigenvalue weighted by molar-refractivity contribution is 7.17. The second kappa shape index (κ2) is 7.38. The van der Waals surface area contributed by atoms with Gasteiger partial charge in [0.15, 0.2) is 0 Å². The Morgan fingerprint density at radius 1 is 1.38 bits per heavy atom. The third-order valence-electron chi connectivity index (χ3n) is 3.39. The van der Waals surface area contributed by atoms with E-state index in [9.17, 15) is 9.59 Å². The summed E-state index contributed by atoms with van der Waals surface area (Å²) in [6, 6.07) is 0. The lowest BCUT2D eigenvalue weighted by molar-refractivity contribution is -0.115. The number of hydrogen-bond acceptors (Lipinski definition) is 5. The molecule has 1 aromatic heterocycles. The highest BCUT2D eigenvalue weighted by atomic mass is 32.1. The van der Waals surface area contributed by atoms with E-state index < -0.39 is 0 Å². The van der Waals surface area contributed by atoms with Crippen LogP contribution in [0.5, 0.6) is 0 Å². The average Bonchev–Trinajstić information content (AvgIpc) is 2.84. The van der Waals surface area contributed by atoms with Crippen LogP contribution in [-0.2, 0) is 22.4 Å². The van der Waals surface area contributed by atoms with E-state index in [1.165, 1.54) is 23.3 Å². The van der Waals surface area contributed by atoms with E-state index in [4.69, 9.17) is 4.74 Å². The molecule has 1 heterocycles. The first-order chi connectivity index (χ1) is 10.2. The maximum absolute atomic E-state index is 12.0. The fourth-order valence-corrected chi connectivity index (χ4v) is 3.72. The Hall–Kier alpha value is -1.66. The minimum Gasteiger partial charge on any atom is -0.465 e. The molecule has 1 amide bonds. The molecule has 2 rings (SSSR count). The molecule has 5 nitrogen and oxygen atoms in total. The van der Waals surface area contributed by atoms with Gasteiger partial charge in [-0.05, 0) is 31.2 Å². The SMILES string of the molecule is C=CCNCC(=O)Nc1sc2c(c1C(=O)OC)CCCC2. The highest BCUT2D eigenvalue weighted by Crippen LogP contribution is 2.38. The van der Waals surface area contributed by atoms with Crippen LogP contribution in [0.1, 0.15) is 33.6 Å². The first-order valence-corrected chi connectivity index (χ1v) is 7.83. The van der Waals surface area contributed by atoms with Gasteiger partial charge in [0, 0.05) is 11.4 Å². The van der Waals surface area contributed by atoms with Crippen LogP contribution in [0.3, 0.4) is 0 Å². The lowest BCUT2D eigenvalue weighted by Crippen LogP contribution is -2.28. The van der Waals surface area contributed by atoms with Crippen LogP contribution < -0.4 is 10.6 Å². The first-order valence-electron chi connectivity index (χ1n) is 7.01. The van der Waals surface area contributed by atoms with E-state index in [2.05, 4.69) is 17.2 Å². The highest BCUT2D eigenvalue weighted by Gasteiger charge is 2.26. The smallest absolute Gasteiger partial charge is 0.341 e. The van der Waals surface area contributed by atoms with Crippen LogP contribution >= 0.6 is 11.3 Å². The zero-order chi connectivity index (χ0) is 15.2. The van der Waals surface area contributed by atoms with Crippen molar-refractivity contribution in [1.29, 1.82) is 0 Å². The number of nitrogens with one attached hydrogen (secondary N) is 2. The summed E-state index contributed by atoms with van der Waals surface area (Å²) >= 11 is 1.49. The summed E-state index contributed by atoms with van der Waals surface area (Å²) in [6.07, 6.45) is 5.73. The van der Waals surface area contributed by atoms with Gasteiger partial charge in [0.2, 0.25) is 5.91 Å². The zero-order valence-corrected chi connectivity index (χ0v) is 13.0. The second-order valence-electron chi connectivity index (χ2n) is 4.87. The van der Waals surface area contributed by atoms with Gasteiger partial charge in [-0.15, -0.1) is 17.9 Å². The molecule has 2 N–H and O–H groups in total. The Balaban J connectivity index is 2.18. The number of amides is 1. The van der Waals surface area contributed by atoms with Crippen molar-refractivity contribution < 1.29 is 14.3 Å². The molecule has 1 aliphatic rings. The summed E-state index contributed by atoms with van der Waals surface area (Å²) in [5.74, 6) is -0.538. The Bertz CT molecular complexity index is 551. The molecule has 1 aliphatic carbocycles. The van der Waals surface area contributed by atoms with Gasteiger partial charge >= 0.3 is 5.97 Å². The van der Waals surface area contributed by atoms with E-state index in [0.29, 0.717) is 17.1 Å². The van der Waals surface area contributed by atoms with Crippen molar-refractivity contribution in [2.75, 3.05) is 25.5 Å². The monoisotopic (exact) mass is 308 g/mol. The van der Waals surface area contributed by atoms with Crippen molar-refractivity contribution in [2.45, 2.75) is 25.7 Å².